The third kappa shape index (κ3) is 4.02. The van der Waals surface area contributed by atoms with Crippen LogP contribution in [0.3, 0.4) is 0 Å². The fourth-order valence-electron chi connectivity index (χ4n) is 1.25. The van der Waals surface area contributed by atoms with Crippen molar-refractivity contribution in [2.45, 2.75) is 24.6 Å². The predicted octanol–water partition coefficient (Wildman–Crippen LogP) is 4.38. The maximum atomic E-state index is 6.20. The largest absolute Gasteiger partial charge is 0.127 e. The van der Waals surface area contributed by atoms with Crippen molar-refractivity contribution >= 4 is 23.2 Å². The Balaban J connectivity index is 2.35. The normalized spacial score (nSPS) is 12.8. The zero-order chi connectivity index (χ0) is 9.52. The molecule has 0 bridgehead atoms. The van der Waals surface area contributed by atoms with Gasteiger partial charge in [-0.1, -0.05) is 36.8 Å². The second-order valence-electron chi connectivity index (χ2n) is 3.06. The Labute approximate surface area is 89.9 Å². The molecule has 72 valence electrons. The van der Waals surface area contributed by atoms with Crippen LogP contribution in [0.4, 0.5) is 0 Å². The lowest BCUT2D eigenvalue weighted by atomic mass is 10.1. The molecule has 13 heavy (non-hydrogen) atoms. The Hall–Kier alpha value is -0.200. The zero-order valence-corrected chi connectivity index (χ0v) is 9.06. The first kappa shape index (κ1) is 10.9. The highest BCUT2D eigenvalue weighted by Gasteiger charge is 2.05. The SMILES string of the molecule is ClCCCCC(Cl)c1ccccc1. The Kier molecular flexibility index (Phi) is 5.26. The minimum Gasteiger partial charge on any atom is -0.127 e. The van der Waals surface area contributed by atoms with Crippen LogP contribution < -0.4 is 0 Å². The van der Waals surface area contributed by atoms with Crippen LogP contribution in [-0.4, -0.2) is 5.88 Å². The summed E-state index contributed by atoms with van der Waals surface area (Å²) in [5.41, 5.74) is 1.21. The third-order valence-corrected chi connectivity index (χ3v) is 2.74. The summed E-state index contributed by atoms with van der Waals surface area (Å²) in [5, 5.41) is 0.143. The first-order valence-corrected chi connectivity index (χ1v) is 5.56. The number of benzene rings is 1. The van der Waals surface area contributed by atoms with Gasteiger partial charge in [-0.15, -0.1) is 23.2 Å². The number of alkyl halides is 2. The maximum Gasteiger partial charge on any atom is 0.0585 e. The molecule has 1 atom stereocenters. The number of halogens is 2. The lowest BCUT2D eigenvalue weighted by Crippen LogP contribution is -1.90. The first-order valence-electron chi connectivity index (χ1n) is 4.59. The molecule has 0 aliphatic rings. The summed E-state index contributed by atoms with van der Waals surface area (Å²) in [6, 6.07) is 10.2. The summed E-state index contributed by atoms with van der Waals surface area (Å²) in [5.74, 6) is 0.735. The molecule has 0 fully saturated rings. The monoisotopic (exact) mass is 216 g/mol. The van der Waals surface area contributed by atoms with E-state index in [1.54, 1.807) is 0 Å². The number of hydrogen-bond acceptors (Lipinski definition) is 0. The molecular weight excluding hydrogens is 203 g/mol. The van der Waals surface area contributed by atoms with E-state index in [9.17, 15) is 0 Å². The van der Waals surface area contributed by atoms with Gasteiger partial charge in [-0.25, -0.2) is 0 Å². The molecule has 0 heterocycles. The van der Waals surface area contributed by atoms with Gasteiger partial charge >= 0.3 is 0 Å². The van der Waals surface area contributed by atoms with E-state index in [2.05, 4.69) is 12.1 Å². The maximum absolute atomic E-state index is 6.20. The van der Waals surface area contributed by atoms with Crippen molar-refractivity contribution in [1.82, 2.24) is 0 Å². The van der Waals surface area contributed by atoms with Crippen molar-refractivity contribution in [3.8, 4) is 0 Å². The predicted molar refractivity (Wildman–Crippen MR) is 59.6 cm³/mol. The van der Waals surface area contributed by atoms with Gasteiger partial charge < -0.3 is 0 Å². The Bertz CT molecular complexity index is 221. The third-order valence-electron chi connectivity index (χ3n) is 2.00. The van der Waals surface area contributed by atoms with Gasteiger partial charge in [-0.3, -0.25) is 0 Å². The summed E-state index contributed by atoms with van der Waals surface area (Å²) in [4.78, 5) is 0. The van der Waals surface area contributed by atoms with Crippen LogP contribution in [0, 0.1) is 0 Å². The Morgan fingerprint density at radius 2 is 1.77 bits per heavy atom. The fraction of sp³-hybridized carbons (Fsp3) is 0.455. The van der Waals surface area contributed by atoms with E-state index in [1.165, 1.54) is 5.56 Å². The average molecular weight is 217 g/mol. The van der Waals surface area contributed by atoms with Gasteiger partial charge in [-0.05, 0) is 18.4 Å². The number of unbranched alkanes of at least 4 members (excludes halogenated alkanes) is 1. The molecule has 2 heteroatoms. The molecular formula is C11H14Cl2. The van der Waals surface area contributed by atoms with Gasteiger partial charge in [0.15, 0.2) is 0 Å². The van der Waals surface area contributed by atoms with E-state index in [0.29, 0.717) is 0 Å². The van der Waals surface area contributed by atoms with E-state index < -0.39 is 0 Å². The standard InChI is InChI=1S/C11H14Cl2/c12-9-5-4-8-11(13)10-6-2-1-3-7-10/h1-3,6-7,11H,4-5,8-9H2. The number of rotatable bonds is 5. The summed E-state index contributed by atoms with van der Waals surface area (Å²) in [7, 11) is 0. The highest BCUT2D eigenvalue weighted by atomic mass is 35.5. The molecule has 0 saturated heterocycles. The van der Waals surface area contributed by atoms with Crippen molar-refractivity contribution in [1.29, 1.82) is 0 Å². The van der Waals surface area contributed by atoms with Gasteiger partial charge in [0.05, 0.1) is 5.38 Å². The molecule has 0 aliphatic heterocycles. The van der Waals surface area contributed by atoms with E-state index in [0.717, 1.165) is 25.1 Å². The summed E-state index contributed by atoms with van der Waals surface area (Å²) < 4.78 is 0. The van der Waals surface area contributed by atoms with Crippen LogP contribution in [0.2, 0.25) is 0 Å². The highest BCUT2D eigenvalue weighted by molar-refractivity contribution is 6.20. The topological polar surface area (TPSA) is 0 Å². The molecule has 1 aromatic rings. The molecule has 0 nitrogen and oxygen atoms in total. The summed E-state index contributed by atoms with van der Waals surface area (Å²) in [6.07, 6.45) is 3.17. The van der Waals surface area contributed by atoms with Crippen LogP contribution in [0.1, 0.15) is 30.2 Å². The van der Waals surface area contributed by atoms with Gasteiger partial charge in [0.1, 0.15) is 0 Å². The first-order chi connectivity index (χ1) is 6.34. The second-order valence-corrected chi connectivity index (χ2v) is 3.97. The highest BCUT2D eigenvalue weighted by Crippen LogP contribution is 2.25. The molecule has 1 unspecified atom stereocenters. The molecule has 1 aromatic carbocycles. The molecule has 0 saturated carbocycles. The second kappa shape index (κ2) is 6.28. The molecule has 0 amide bonds. The van der Waals surface area contributed by atoms with Crippen LogP contribution in [0.25, 0.3) is 0 Å². The van der Waals surface area contributed by atoms with Crippen molar-refractivity contribution in [2.24, 2.45) is 0 Å². The molecule has 1 rings (SSSR count). The zero-order valence-electron chi connectivity index (χ0n) is 7.55. The molecule has 0 aliphatic carbocycles. The smallest absolute Gasteiger partial charge is 0.0585 e. The van der Waals surface area contributed by atoms with Gasteiger partial charge in [-0.2, -0.15) is 0 Å². The van der Waals surface area contributed by atoms with Crippen LogP contribution in [0.15, 0.2) is 30.3 Å². The van der Waals surface area contributed by atoms with Crippen LogP contribution in [-0.2, 0) is 0 Å². The minimum absolute atomic E-state index is 0.143. The number of hydrogen-bond donors (Lipinski definition) is 0. The molecule has 0 radical (unpaired) electrons. The van der Waals surface area contributed by atoms with E-state index in [-0.39, 0.29) is 5.38 Å². The quantitative estimate of drug-likeness (QED) is 0.507. The van der Waals surface area contributed by atoms with Gasteiger partial charge in [0, 0.05) is 5.88 Å². The summed E-state index contributed by atoms with van der Waals surface area (Å²) in [6.45, 7) is 0. The van der Waals surface area contributed by atoms with Crippen molar-refractivity contribution in [3.05, 3.63) is 35.9 Å². The van der Waals surface area contributed by atoms with Crippen LogP contribution in [0.5, 0.6) is 0 Å². The Morgan fingerprint density at radius 3 is 2.38 bits per heavy atom. The lowest BCUT2D eigenvalue weighted by molar-refractivity contribution is 0.704. The fourth-order valence-corrected chi connectivity index (χ4v) is 1.74. The van der Waals surface area contributed by atoms with E-state index >= 15 is 0 Å². The Morgan fingerprint density at radius 1 is 1.08 bits per heavy atom. The average Bonchev–Trinajstić information content (AvgIpc) is 2.19. The summed E-state index contributed by atoms with van der Waals surface area (Å²) >= 11 is 11.8. The molecule has 0 spiro atoms. The van der Waals surface area contributed by atoms with E-state index in [4.69, 9.17) is 23.2 Å². The molecule has 0 aromatic heterocycles. The van der Waals surface area contributed by atoms with Crippen molar-refractivity contribution in [2.75, 3.05) is 5.88 Å². The van der Waals surface area contributed by atoms with Crippen molar-refractivity contribution < 1.29 is 0 Å². The van der Waals surface area contributed by atoms with Crippen LogP contribution >= 0.6 is 23.2 Å². The van der Waals surface area contributed by atoms with Gasteiger partial charge in [0.25, 0.3) is 0 Å². The molecule has 0 N–H and O–H groups in total. The van der Waals surface area contributed by atoms with E-state index in [1.807, 2.05) is 18.2 Å². The lowest BCUT2D eigenvalue weighted by Gasteiger charge is -2.08. The van der Waals surface area contributed by atoms with Crippen molar-refractivity contribution in [3.63, 3.8) is 0 Å². The van der Waals surface area contributed by atoms with Gasteiger partial charge in [0.2, 0.25) is 0 Å². The minimum atomic E-state index is 0.143.